The highest BCUT2D eigenvalue weighted by atomic mass is 16.4. The van der Waals surface area contributed by atoms with Crippen LogP contribution in [0.4, 0.5) is 0 Å². The monoisotopic (exact) mass is 189 g/mol. The fourth-order valence-electron chi connectivity index (χ4n) is 0.258. The quantitative estimate of drug-likeness (QED) is 0.623. The van der Waals surface area contributed by atoms with Crippen molar-refractivity contribution < 1.29 is 19.8 Å². The Morgan fingerprint density at radius 3 is 1.62 bits per heavy atom. The lowest BCUT2D eigenvalue weighted by Crippen LogP contribution is -2.04. The molecule has 0 saturated carbocycles. The molecule has 0 spiro atoms. The first kappa shape index (κ1) is 14.2. The Bertz CT molecular complexity index is 196. The molecule has 2 N–H and O–H groups in total. The Labute approximate surface area is 77.3 Å². The Balaban J connectivity index is 0. The van der Waals surface area contributed by atoms with Gasteiger partial charge in [-0.3, -0.25) is 4.79 Å². The van der Waals surface area contributed by atoms with Gasteiger partial charge in [-0.1, -0.05) is 6.58 Å². The minimum Gasteiger partial charge on any atom is -0.481 e. The molecule has 0 saturated heterocycles. The molecule has 5 nitrogen and oxygen atoms in total. The van der Waals surface area contributed by atoms with E-state index in [0.29, 0.717) is 0 Å². The van der Waals surface area contributed by atoms with Crippen LogP contribution in [0.15, 0.2) is 12.2 Å². The van der Waals surface area contributed by atoms with E-state index >= 15 is 0 Å². The van der Waals surface area contributed by atoms with Gasteiger partial charge in [0.05, 0.1) is 6.42 Å². The molecule has 5 heteroatoms. The summed E-state index contributed by atoms with van der Waals surface area (Å²) in [5, 5.41) is 16.1. The molecule has 0 aliphatic carbocycles. The molecule has 0 aliphatic rings. The second kappa shape index (κ2) is 7.30. The van der Waals surface area contributed by atoms with Gasteiger partial charge in [-0.25, -0.2) is 4.79 Å². The Hall–Kier alpha value is -1.36. The molecule has 0 rings (SSSR count). The third-order valence-electron chi connectivity index (χ3n) is 0.667. The predicted octanol–water partition coefficient (Wildman–Crippen LogP) is 0.280. The summed E-state index contributed by atoms with van der Waals surface area (Å²) in [4.78, 5) is 21.7. The van der Waals surface area contributed by atoms with E-state index in [1.165, 1.54) is 0 Å². The number of nitrogens with zero attached hydrogens (tertiary/aromatic N) is 1. The van der Waals surface area contributed by atoms with Crippen LogP contribution in [0.25, 0.3) is 0 Å². The first-order valence-corrected chi connectivity index (χ1v) is 3.51. The SMILES string of the molecule is C=C(CC(=O)O)C(=O)O.CN(C)C. The predicted molar refractivity (Wildman–Crippen MR) is 48.6 cm³/mol. The molecule has 0 radical (unpaired) electrons. The molecule has 0 amide bonds. The largest absolute Gasteiger partial charge is 0.481 e. The zero-order valence-electron chi connectivity index (χ0n) is 8.07. The molecule has 0 atom stereocenters. The van der Waals surface area contributed by atoms with Crippen molar-refractivity contribution in [3.63, 3.8) is 0 Å². The minimum atomic E-state index is -1.27. The topological polar surface area (TPSA) is 77.8 Å². The van der Waals surface area contributed by atoms with Crippen molar-refractivity contribution in [3.05, 3.63) is 12.2 Å². The molecule has 0 heterocycles. The van der Waals surface area contributed by atoms with Gasteiger partial charge in [0.1, 0.15) is 0 Å². The molecule has 0 bridgehead atoms. The van der Waals surface area contributed by atoms with Gasteiger partial charge in [-0.05, 0) is 21.1 Å². The molecule has 0 aliphatic heterocycles. The van der Waals surface area contributed by atoms with E-state index in [4.69, 9.17) is 10.2 Å². The highest BCUT2D eigenvalue weighted by molar-refractivity contribution is 5.91. The summed E-state index contributed by atoms with van der Waals surface area (Å²) in [5.41, 5.74) is -0.303. The molecule has 0 aromatic heterocycles. The third kappa shape index (κ3) is 18.0. The molecule has 13 heavy (non-hydrogen) atoms. The summed E-state index contributed by atoms with van der Waals surface area (Å²) in [5.74, 6) is -2.44. The minimum absolute atomic E-state index is 0.303. The normalized spacial score (nSPS) is 8.62. The lowest BCUT2D eigenvalue weighted by molar-refractivity contribution is -0.139. The maximum Gasteiger partial charge on any atom is 0.331 e. The number of hydrogen-bond donors (Lipinski definition) is 2. The van der Waals surface area contributed by atoms with Crippen molar-refractivity contribution >= 4 is 11.9 Å². The number of carbonyl (C=O) groups is 2. The van der Waals surface area contributed by atoms with E-state index in [1.54, 1.807) is 0 Å². The lowest BCUT2D eigenvalue weighted by atomic mass is 10.2. The maximum absolute atomic E-state index is 9.87. The highest BCUT2D eigenvalue weighted by Gasteiger charge is 2.07. The number of hydrogen-bond acceptors (Lipinski definition) is 3. The molecular formula is C8H15NO4. The number of carboxylic acids is 2. The van der Waals surface area contributed by atoms with E-state index in [9.17, 15) is 9.59 Å². The summed E-state index contributed by atoms with van der Waals surface area (Å²) in [6, 6.07) is 0. The van der Waals surface area contributed by atoms with Crippen molar-refractivity contribution in [1.29, 1.82) is 0 Å². The van der Waals surface area contributed by atoms with Crippen molar-refractivity contribution in [2.24, 2.45) is 0 Å². The second-order valence-electron chi connectivity index (χ2n) is 2.82. The van der Waals surface area contributed by atoms with Crippen LogP contribution in [0.5, 0.6) is 0 Å². The zero-order chi connectivity index (χ0) is 11.0. The van der Waals surface area contributed by atoms with Crippen LogP contribution < -0.4 is 0 Å². The van der Waals surface area contributed by atoms with Gasteiger partial charge in [0, 0.05) is 5.57 Å². The Kier molecular flexibility index (Phi) is 7.96. The summed E-state index contributed by atoms with van der Waals surface area (Å²) >= 11 is 0. The number of aliphatic carboxylic acids is 2. The van der Waals surface area contributed by atoms with E-state index in [1.807, 2.05) is 26.0 Å². The Morgan fingerprint density at radius 1 is 1.23 bits per heavy atom. The van der Waals surface area contributed by atoms with Gasteiger partial charge in [0.15, 0.2) is 0 Å². The van der Waals surface area contributed by atoms with Crippen molar-refractivity contribution in [1.82, 2.24) is 4.90 Å². The van der Waals surface area contributed by atoms with Crippen molar-refractivity contribution in [3.8, 4) is 0 Å². The summed E-state index contributed by atoms with van der Waals surface area (Å²) in [7, 11) is 6.00. The Morgan fingerprint density at radius 2 is 1.54 bits per heavy atom. The number of carboxylic acid groups (broad SMARTS) is 2. The van der Waals surface area contributed by atoms with Gasteiger partial charge in [0.25, 0.3) is 0 Å². The van der Waals surface area contributed by atoms with E-state index in [2.05, 4.69) is 6.58 Å². The second-order valence-corrected chi connectivity index (χ2v) is 2.82. The van der Waals surface area contributed by atoms with Crippen LogP contribution in [-0.4, -0.2) is 48.2 Å². The van der Waals surface area contributed by atoms with Crippen LogP contribution in [0.3, 0.4) is 0 Å². The maximum atomic E-state index is 9.87. The smallest absolute Gasteiger partial charge is 0.331 e. The van der Waals surface area contributed by atoms with Crippen LogP contribution in [0.2, 0.25) is 0 Å². The molecular weight excluding hydrogens is 174 g/mol. The van der Waals surface area contributed by atoms with Gasteiger partial charge < -0.3 is 15.1 Å². The standard InChI is InChI=1S/C5H6O4.C3H9N/c1-3(5(8)9)2-4(6)7;1-4(2)3/h1-2H2,(H,6,7)(H,8,9);1-3H3. The molecule has 0 aromatic rings. The summed E-state index contributed by atoms with van der Waals surface area (Å²) in [6.45, 7) is 3.01. The van der Waals surface area contributed by atoms with Crippen LogP contribution in [-0.2, 0) is 9.59 Å². The average molecular weight is 189 g/mol. The molecule has 0 fully saturated rings. The first-order valence-electron chi connectivity index (χ1n) is 3.51. The van der Waals surface area contributed by atoms with Crippen molar-refractivity contribution in [2.45, 2.75) is 6.42 Å². The van der Waals surface area contributed by atoms with Gasteiger partial charge >= 0.3 is 11.9 Å². The van der Waals surface area contributed by atoms with Gasteiger partial charge in [-0.15, -0.1) is 0 Å². The fourth-order valence-corrected chi connectivity index (χ4v) is 0.258. The van der Waals surface area contributed by atoms with Crippen LogP contribution >= 0.6 is 0 Å². The molecule has 0 unspecified atom stereocenters. The zero-order valence-corrected chi connectivity index (χ0v) is 8.07. The highest BCUT2D eigenvalue weighted by Crippen LogP contribution is 1.95. The average Bonchev–Trinajstić information content (AvgIpc) is 1.83. The van der Waals surface area contributed by atoms with Gasteiger partial charge in [0.2, 0.25) is 0 Å². The van der Waals surface area contributed by atoms with Crippen LogP contribution in [0.1, 0.15) is 6.42 Å². The van der Waals surface area contributed by atoms with E-state index in [-0.39, 0.29) is 5.57 Å². The number of rotatable bonds is 3. The summed E-state index contributed by atoms with van der Waals surface area (Å²) < 4.78 is 0. The van der Waals surface area contributed by atoms with E-state index in [0.717, 1.165) is 0 Å². The van der Waals surface area contributed by atoms with Crippen LogP contribution in [0, 0.1) is 0 Å². The molecule has 76 valence electrons. The lowest BCUT2D eigenvalue weighted by Gasteiger charge is -1.91. The van der Waals surface area contributed by atoms with Gasteiger partial charge in [-0.2, -0.15) is 0 Å². The third-order valence-corrected chi connectivity index (χ3v) is 0.667. The fraction of sp³-hybridized carbons (Fsp3) is 0.500. The molecule has 0 aromatic carbocycles. The van der Waals surface area contributed by atoms with E-state index < -0.39 is 18.4 Å². The van der Waals surface area contributed by atoms with Crippen molar-refractivity contribution in [2.75, 3.05) is 21.1 Å². The summed E-state index contributed by atoms with van der Waals surface area (Å²) in [6.07, 6.45) is -0.505. The first-order chi connectivity index (χ1) is 5.77.